The molecule has 5 nitrogen and oxygen atoms in total. The third kappa shape index (κ3) is 6.12. The van der Waals surface area contributed by atoms with Crippen LogP contribution in [0.4, 0.5) is 0 Å². The third-order valence-electron chi connectivity index (χ3n) is 4.60. The number of ether oxygens (including phenoxy) is 1. The Kier molecular flexibility index (Phi) is 7.36. The van der Waals surface area contributed by atoms with Crippen LogP contribution < -0.4 is 10.1 Å². The Morgan fingerprint density at radius 1 is 1.17 bits per heavy atom. The van der Waals surface area contributed by atoms with Crippen LogP contribution in [0.15, 0.2) is 42.0 Å². The second kappa shape index (κ2) is 10.2. The van der Waals surface area contributed by atoms with Crippen molar-refractivity contribution < 1.29 is 9.53 Å². The average Bonchev–Trinajstić information content (AvgIpc) is 3.12. The third-order valence-corrected chi connectivity index (χ3v) is 5.62. The number of nitrogens with one attached hydrogen (secondary N) is 1. The first-order chi connectivity index (χ1) is 14.0. The molecule has 0 unspecified atom stereocenters. The van der Waals surface area contributed by atoms with E-state index in [1.54, 1.807) is 23.7 Å². The van der Waals surface area contributed by atoms with Crippen LogP contribution >= 0.6 is 11.3 Å². The molecule has 1 amide bonds. The number of aromatic nitrogens is 2. The number of nitrogens with zero attached hydrogens (tertiary/aromatic N) is 2. The van der Waals surface area contributed by atoms with Gasteiger partial charge in [-0.15, -0.1) is 11.3 Å². The topological polar surface area (TPSA) is 64.1 Å². The van der Waals surface area contributed by atoms with Crippen LogP contribution in [-0.4, -0.2) is 22.4 Å². The molecule has 0 fully saturated rings. The number of benzene rings is 1. The molecule has 3 rings (SSSR count). The number of unbranched alkanes of at least 4 members (excludes halogenated alkanes) is 1. The average molecular weight is 410 g/mol. The zero-order chi connectivity index (χ0) is 20.6. The van der Waals surface area contributed by atoms with Crippen molar-refractivity contribution in [1.29, 1.82) is 0 Å². The molecule has 0 radical (unpaired) electrons. The fourth-order valence-corrected chi connectivity index (χ4v) is 3.99. The van der Waals surface area contributed by atoms with Gasteiger partial charge in [0.05, 0.1) is 5.01 Å². The molecule has 0 spiro atoms. The van der Waals surface area contributed by atoms with Gasteiger partial charge in [0.1, 0.15) is 12.4 Å². The second-order valence-corrected chi connectivity index (χ2v) is 8.13. The number of hydrogen-bond donors (Lipinski definition) is 1. The van der Waals surface area contributed by atoms with E-state index in [0.717, 1.165) is 47.4 Å². The number of thiazole rings is 1. The molecule has 0 bridgehead atoms. The van der Waals surface area contributed by atoms with E-state index in [-0.39, 0.29) is 5.91 Å². The minimum Gasteiger partial charge on any atom is -0.488 e. The summed E-state index contributed by atoms with van der Waals surface area (Å²) in [6.45, 7) is 7.08. The number of hydrogen-bond acceptors (Lipinski definition) is 5. The molecule has 0 aliphatic carbocycles. The van der Waals surface area contributed by atoms with Crippen LogP contribution in [0.1, 0.15) is 50.6 Å². The number of rotatable bonds is 9. The molecular formula is C23H27N3O2S. The van der Waals surface area contributed by atoms with Crippen LogP contribution in [-0.2, 0) is 13.0 Å². The lowest BCUT2D eigenvalue weighted by atomic mass is 10.0. The molecule has 29 heavy (non-hydrogen) atoms. The summed E-state index contributed by atoms with van der Waals surface area (Å²) in [7, 11) is 0. The summed E-state index contributed by atoms with van der Waals surface area (Å²) < 4.78 is 5.97. The zero-order valence-electron chi connectivity index (χ0n) is 17.2. The van der Waals surface area contributed by atoms with Crippen molar-refractivity contribution >= 4 is 17.2 Å². The van der Waals surface area contributed by atoms with Gasteiger partial charge in [0.2, 0.25) is 0 Å². The minimum atomic E-state index is -0.0416. The molecule has 152 valence electrons. The van der Waals surface area contributed by atoms with Gasteiger partial charge in [-0.3, -0.25) is 9.78 Å². The lowest BCUT2D eigenvalue weighted by Gasteiger charge is -2.14. The molecule has 1 N–H and O–H groups in total. The van der Waals surface area contributed by atoms with Crippen molar-refractivity contribution in [2.75, 3.05) is 6.54 Å². The van der Waals surface area contributed by atoms with E-state index in [0.29, 0.717) is 18.7 Å². The van der Waals surface area contributed by atoms with Crippen molar-refractivity contribution in [3.63, 3.8) is 0 Å². The monoisotopic (exact) mass is 409 g/mol. The smallest absolute Gasteiger partial charge is 0.251 e. The summed E-state index contributed by atoms with van der Waals surface area (Å²) in [4.78, 5) is 21.1. The molecular weight excluding hydrogens is 382 g/mol. The van der Waals surface area contributed by atoms with Gasteiger partial charge in [-0.25, -0.2) is 4.98 Å². The molecule has 0 saturated heterocycles. The van der Waals surface area contributed by atoms with E-state index < -0.39 is 0 Å². The van der Waals surface area contributed by atoms with Crippen LogP contribution in [0.25, 0.3) is 0 Å². The van der Waals surface area contributed by atoms with Gasteiger partial charge >= 0.3 is 0 Å². The Labute approximate surface area is 176 Å². The maximum Gasteiger partial charge on any atom is 0.251 e. The van der Waals surface area contributed by atoms with Crippen LogP contribution in [0.5, 0.6) is 5.75 Å². The fourth-order valence-electron chi connectivity index (χ4n) is 3.17. The molecule has 0 saturated carbocycles. The van der Waals surface area contributed by atoms with Crippen molar-refractivity contribution in [2.24, 2.45) is 0 Å². The lowest BCUT2D eigenvalue weighted by Crippen LogP contribution is -2.24. The second-order valence-electron chi connectivity index (χ2n) is 7.18. The van der Waals surface area contributed by atoms with E-state index in [1.165, 1.54) is 5.01 Å². The summed E-state index contributed by atoms with van der Waals surface area (Å²) in [6.07, 6.45) is 6.46. The molecule has 3 aromatic rings. The summed E-state index contributed by atoms with van der Waals surface area (Å²) in [5.41, 5.74) is 4.68. The first-order valence-corrected chi connectivity index (χ1v) is 10.7. The summed E-state index contributed by atoms with van der Waals surface area (Å²) >= 11 is 1.70. The number of pyridine rings is 1. The standard InChI is InChI=1S/C23H27N3O2S/c1-16-11-20(12-17(2)22(16)28-14-19-7-6-9-24-13-19)23(27)25-10-5-4-8-21-26-18(3)15-29-21/h6-7,9,11-13,15H,4-5,8,10,14H2,1-3H3,(H,25,27). The Morgan fingerprint density at radius 3 is 2.62 bits per heavy atom. The highest BCUT2D eigenvalue weighted by Crippen LogP contribution is 2.26. The molecule has 0 atom stereocenters. The van der Waals surface area contributed by atoms with E-state index in [4.69, 9.17) is 4.74 Å². The highest BCUT2D eigenvalue weighted by molar-refractivity contribution is 7.09. The number of carbonyl (C=O) groups is 1. The molecule has 2 heterocycles. The van der Waals surface area contributed by atoms with Crippen molar-refractivity contribution in [1.82, 2.24) is 15.3 Å². The summed E-state index contributed by atoms with van der Waals surface area (Å²) in [6, 6.07) is 7.65. The SMILES string of the molecule is Cc1csc(CCCCNC(=O)c2cc(C)c(OCc3cccnc3)c(C)c2)n1. The Morgan fingerprint density at radius 2 is 1.97 bits per heavy atom. The number of amides is 1. The number of aryl methyl sites for hydroxylation is 4. The Bertz CT molecular complexity index is 931. The Balaban J connectivity index is 1.48. The summed E-state index contributed by atoms with van der Waals surface area (Å²) in [5.74, 6) is 0.782. The van der Waals surface area contributed by atoms with E-state index >= 15 is 0 Å². The first kappa shape index (κ1) is 21.0. The predicted octanol–water partition coefficient (Wildman–Crippen LogP) is 4.80. The molecule has 0 aliphatic rings. The highest BCUT2D eigenvalue weighted by Gasteiger charge is 2.12. The molecule has 2 aromatic heterocycles. The van der Waals surface area contributed by atoms with E-state index in [1.807, 2.05) is 45.0 Å². The Hall–Kier alpha value is -2.73. The maximum atomic E-state index is 12.5. The number of carbonyl (C=O) groups excluding carboxylic acids is 1. The summed E-state index contributed by atoms with van der Waals surface area (Å²) in [5, 5.41) is 6.26. The predicted molar refractivity (Wildman–Crippen MR) is 117 cm³/mol. The van der Waals surface area contributed by atoms with Crippen LogP contribution in [0.2, 0.25) is 0 Å². The van der Waals surface area contributed by atoms with Gasteiger partial charge in [-0.05, 0) is 69.4 Å². The van der Waals surface area contributed by atoms with E-state index in [2.05, 4.69) is 20.7 Å². The quantitative estimate of drug-likeness (QED) is 0.516. The zero-order valence-corrected chi connectivity index (χ0v) is 18.0. The molecule has 1 aromatic carbocycles. The van der Waals surface area contributed by atoms with Crippen molar-refractivity contribution in [2.45, 2.75) is 46.6 Å². The molecule has 0 aliphatic heterocycles. The van der Waals surface area contributed by atoms with Crippen molar-refractivity contribution in [3.8, 4) is 5.75 Å². The van der Waals surface area contributed by atoms with Gasteiger partial charge in [-0.1, -0.05) is 6.07 Å². The van der Waals surface area contributed by atoms with Crippen LogP contribution in [0.3, 0.4) is 0 Å². The molecule has 6 heteroatoms. The first-order valence-electron chi connectivity index (χ1n) is 9.85. The minimum absolute atomic E-state index is 0.0416. The fraction of sp³-hybridized carbons (Fsp3) is 0.348. The van der Waals surface area contributed by atoms with Gasteiger partial charge < -0.3 is 10.1 Å². The van der Waals surface area contributed by atoms with Gasteiger partial charge in [0.25, 0.3) is 5.91 Å². The maximum absolute atomic E-state index is 12.5. The van der Waals surface area contributed by atoms with Gasteiger partial charge in [-0.2, -0.15) is 0 Å². The van der Waals surface area contributed by atoms with Gasteiger partial charge in [0.15, 0.2) is 0 Å². The lowest BCUT2D eigenvalue weighted by molar-refractivity contribution is 0.0952. The highest BCUT2D eigenvalue weighted by atomic mass is 32.1. The van der Waals surface area contributed by atoms with Crippen LogP contribution in [0, 0.1) is 20.8 Å². The van der Waals surface area contributed by atoms with Gasteiger partial charge in [0, 0.05) is 41.1 Å². The van der Waals surface area contributed by atoms with E-state index in [9.17, 15) is 4.79 Å². The van der Waals surface area contributed by atoms with Crippen molar-refractivity contribution in [3.05, 3.63) is 75.0 Å². The normalized spacial score (nSPS) is 10.7. The largest absolute Gasteiger partial charge is 0.488 e.